The molecule has 0 bridgehead atoms. The van der Waals surface area contributed by atoms with Gasteiger partial charge in [-0.1, -0.05) is 30.5 Å². The number of anilines is 1. The highest BCUT2D eigenvalue weighted by atomic mass is 35.5. The first-order valence-electron chi connectivity index (χ1n) is 8.85. The van der Waals surface area contributed by atoms with Crippen molar-refractivity contribution in [1.29, 1.82) is 0 Å². The van der Waals surface area contributed by atoms with E-state index in [1.807, 2.05) is 0 Å². The number of likely N-dealkylation sites (tertiary alicyclic amines) is 1. The molecule has 1 aromatic heterocycles. The second-order valence-corrected chi connectivity index (χ2v) is 7.19. The van der Waals surface area contributed by atoms with Crippen LogP contribution in [0.2, 0.25) is 5.02 Å². The summed E-state index contributed by atoms with van der Waals surface area (Å²) in [4.78, 5) is 42.6. The summed E-state index contributed by atoms with van der Waals surface area (Å²) in [7, 11) is 0. The molecule has 27 heavy (non-hydrogen) atoms. The Morgan fingerprint density at radius 2 is 1.89 bits per heavy atom. The third kappa shape index (κ3) is 3.21. The zero-order chi connectivity index (χ0) is 19.0. The maximum absolute atomic E-state index is 12.6. The normalized spacial score (nSPS) is 22.0. The third-order valence-electron chi connectivity index (χ3n) is 5.14. The van der Waals surface area contributed by atoms with Crippen molar-refractivity contribution in [3.05, 3.63) is 35.9 Å². The summed E-state index contributed by atoms with van der Waals surface area (Å²) in [5, 5.41) is 7.16. The number of hydrogen-bond donors (Lipinski definition) is 1. The number of nitrogens with one attached hydrogen (secondary N) is 1. The Morgan fingerprint density at radius 1 is 1.19 bits per heavy atom. The first-order chi connectivity index (χ1) is 13.1. The van der Waals surface area contributed by atoms with Gasteiger partial charge in [-0.05, 0) is 25.0 Å². The van der Waals surface area contributed by atoms with Gasteiger partial charge in [0.2, 0.25) is 17.7 Å². The Balaban J connectivity index is 1.52. The molecule has 3 amide bonds. The number of benzene rings is 1. The van der Waals surface area contributed by atoms with Crippen LogP contribution in [-0.4, -0.2) is 43.9 Å². The quantitative estimate of drug-likeness (QED) is 0.809. The summed E-state index contributed by atoms with van der Waals surface area (Å²) in [5.74, 6) is -1.46. The minimum absolute atomic E-state index is 0.234. The Labute approximate surface area is 160 Å². The molecule has 1 N–H and O–H groups in total. The second-order valence-electron chi connectivity index (χ2n) is 6.78. The number of para-hydroxylation sites is 1. The summed E-state index contributed by atoms with van der Waals surface area (Å²) in [6.07, 6.45) is 6.16. The SMILES string of the molecule is O=C(CN1C(=O)C2CCCCC2C1=O)Nc1cccc(Cl)c1-n1cncn1. The number of hydrogen-bond acceptors (Lipinski definition) is 5. The van der Waals surface area contributed by atoms with Gasteiger partial charge in [0.25, 0.3) is 0 Å². The van der Waals surface area contributed by atoms with Gasteiger partial charge >= 0.3 is 0 Å². The first kappa shape index (κ1) is 17.7. The number of carbonyl (C=O) groups is 3. The van der Waals surface area contributed by atoms with Crippen molar-refractivity contribution in [2.24, 2.45) is 11.8 Å². The van der Waals surface area contributed by atoms with Gasteiger partial charge in [0.05, 0.1) is 22.5 Å². The summed E-state index contributed by atoms with van der Waals surface area (Å²) >= 11 is 6.25. The molecular formula is C18H18ClN5O3. The lowest BCUT2D eigenvalue weighted by Crippen LogP contribution is -2.38. The van der Waals surface area contributed by atoms with Crippen LogP contribution in [0.5, 0.6) is 0 Å². The van der Waals surface area contributed by atoms with E-state index >= 15 is 0 Å². The molecule has 140 valence electrons. The van der Waals surface area contributed by atoms with Crippen LogP contribution in [-0.2, 0) is 14.4 Å². The minimum Gasteiger partial charge on any atom is -0.323 e. The van der Waals surface area contributed by atoms with Crippen molar-refractivity contribution in [2.45, 2.75) is 25.7 Å². The molecule has 2 fully saturated rings. The first-order valence-corrected chi connectivity index (χ1v) is 9.22. The lowest BCUT2D eigenvalue weighted by atomic mass is 9.81. The fraction of sp³-hybridized carbons (Fsp3) is 0.389. The highest BCUT2D eigenvalue weighted by Gasteiger charge is 2.48. The van der Waals surface area contributed by atoms with Crippen molar-refractivity contribution < 1.29 is 14.4 Å². The van der Waals surface area contributed by atoms with Crippen molar-refractivity contribution in [3.63, 3.8) is 0 Å². The number of fused-ring (bicyclic) bond motifs is 1. The van der Waals surface area contributed by atoms with E-state index in [0.29, 0.717) is 16.4 Å². The molecule has 0 spiro atoms. The molecule has 8 nitrogen and oxygen atoms in total. The Kier molecular flexibility index (Phi) is 4.65. The number of rotatable bonds is 4. The van der Waals surface area contributed by atoms with E-state index in [1.165, 1.54) is 17.3 Å². The van der Waals surface area contributed by atoms with Gasteiger partial charge in [-0.25, -0.2) is 9.67 Å². The van der Waals surface area contributed by atoms with E-state index in [4.69, 9.17) is 11.6 Å². The van der Waals surface area contributed by atoms with Crippen molar-refractivity contribution in [3.8, 4) is 5.69 Å². The van der Waals surface area contributed by atoms with Gasteiger partial charge in [0.1, 0.15) is 24.9 Å². The van der Waals surface area contributed by atoms with Crippen LogP contribution in [0.15, 0.2) is 30.9 Å². The molecule has 1 saturated heterocycles. The topological polar surface area (TPSA) is 97.2 Å². The predicted octanol–water partition coefficient (Wildman–Crippen LogP) is 2.03. The largest absolute Gasteiger partial charge is 0.323 e. The Morgan fingerprint density at radius 3 is 2.52 bits per heavy atom. The van der Waals surface area contributed by atoms with Gasteiger partial charge in [0, 0.05) is 0 Å². The molecule has 4 rings (SSSR count). The van der Waals surface area contributed by atoms with Crippen LogP contribution in [0.4, 0.5) is 5.69 Å². The Hall–Kier alpha value is -2.74. The van der Waals surface area contributed by atoms with Crippen molar-refractivity contribution in [2.75, 3.05) is 11.9 Å². The molecule has 2 aliphatic rings. The van der Waals surface area contributed by atoms with E-state index in [2.05, 4.69) is 15.4 Å². The summed E-state index contributed by atoms with van der Waals surface area (Å²) in [6.45, 7) is -0.298. The molecular weight excluding hydrogens is 370 g/mol. The minimum atomic E-state index is -0.459. The molecule has 2 unspecified atom stereocenters. The van der Waals surface area contributed by atoms with E-state index in [9.17, 15) is 14.4 Å². The zero-order valence-electron chi connectivity index (χ0n) is 14.5. The summed E-state index contributed by atoms with van der Waals surface area (Å²) < 4.78 is 1.44. The lowest BCUT2D eigenvalue weighted by molar-refractivity contribution is -0.142. The number of halogens is 1. The molecule has 2 aromatic rings. The molecule has 1 saturated carbocycles. The number of amides is 3. The van der Waals surface area contributed by atoms with E-state index < -0.39 is 5.91 Å². The molecule has 2 atom stereocenters. The molecule has 9 heteroatoms. The van der Waals surface area contributed by atoms with Crippen LogP contribution in [0, 0.1) is 11.8 Å². The summed E-state index contributed by atoms with van der Waals surface area (Å²) in [5.41, 5.74) is 0.896. The van der Waals surface area contributed by atoms with E-state index in [0.717, 1.165) is 30.6 Å². The maximum Gasteiger partial charge on any atom is 0.244 e. The van der Waals surface area contributed by atoms with Crippen LogP contribution >= 0.6 is 11.6 Å². The highest BCUT2D eigenvalue weighted by molar-refractivity contribution is 6.33. The highest BCUT2D eigenvalue weighted by Crippen LogP contribution is 2.38. The molecule has 0 radical (unpaired) electrons. The number of imide groups is 1. The molecule has 1 aromatic carbocycles. The molecule has 1 aliphatic carbocycles. The third-order valence-corrected chi connectivity index (χ3v) is 5.45. The number of nitrogens with zero attached hydrogens (tertiary/aromatic N) is 4. The average Bonchev–Trinajstić information content (AvgIpc) is 3.26. The summed E-state index contributed by atoms with van der Waals surface area (Å²) in [6, 6.07) is 5.04. The Bertz CT molecular complexity index is 874. The van der Waals surface area contributed by atoms with Crippen LogP contribution in [0.1, 0.15) is 25.7 Å². The van der Waals surface area contributed by atoms with Gasteiger partial charge in [-0.2, -0.15) is 5.10 Å². The number of aromatic nitrogens is 3. The fourth-order valence-corrected chi connectivity index (χ4v) is 4.15. The second kappa shape index (κ2) is 7.11. The fourth-order valence-electron chi connectivity index (χ4n) is 3.89. The smallest absolute Gasteiger partial charge is 0.244 e. The van der Waals surface area contributed by atoms with E-state index in [1.54, 1.807) is 18.2 Å². The van der Waals surface area contributed by atoms with Gasteiger partial charge in [-0.15, -0.1) is 0 Å². The van der Waals surface area contributed by atoms with Gasteiger partial charge in [0.15, 0.2) is 0 Å². The van der Waals surface area contributed by atoms with Crippen molar-refractivity contribution in [1.82, 2.24) is 19.7 Å². The van der Waals surface area contributed by atoms with Crippen molar-refractivity contribution >= 4 is 35.0 Å². The van der Waals surface area contributed by atoms with Gasteiger partial charge in [-0.3, -0.25) is 19.3 Å². The molecule has 1 aliphatic heterocycles. The lowest BCUT2D eigenvalue weighted by Gasteiger charge is -2.19. The van der Waals surface area contributed by atoms with E-state index in [-0.39, 0.29) is 30.2 Å². The van der Waals surface area contributed by atoms with Gasteiger partial charge < -0.3 is 5.32 Å². The van der Waals surface area contributed by atoms with Crippen LogP contribution in [0.3, 0.4) is 0 Å². The monoisotopic (exact) mass is 387 g/mol. The average molecular weight is 388 g/mol. The number of carbonyl (C=O) groups excluding carboxylic acids is 3. The zero-order valence-corrected chi connectivity index (χ0v) is 15.2. The van der Waals surface area contributed by atoms with Crippen LogP contribution in [0.25, 0.3) is 5.69 Å². The molecule has 2 heterocycles. The predicted molar refractivity (Wildman–Crippen MR) is 97.2 cm³/mol. The maximum atomic E-state index is 12.6. The standard InChI is InChI=1S/C18H18ClN5O3/c19-13-6-3-7-14(16(13)24-10-20-9-21-24)22-15(25)8-23-17(26)11-4-1-2-5-12(11)18(23)27/h3,6-7,9-12H,1-2,4-5,8H2,(H,22,25). The van der Waals surface area contributed by atoms with Crippen LogP contribution < -0.4 is 5.32 Å².